The highest BCUT2D eigenvalue weighted by molar-refractivity contribution is 9.10. The van der Waals surface area contributed by atoms with Crippen molar-refractivity contribution in [2.75, 3.05) is 0 Å². The number of hydrogen-bond acceptors (Lipinski definition) is 3. The van der Waals surface area contributed by atoms with Crippen molar-refractivity contribution in [3.63, 3.8) is 0 Å². The van der Waals surface area contributed by atoms with Gasteiger partial charge in [-0.3, -0.25) is 4.79 Å². The fraction of sp³-hybridized carbons (Fsp3) is 0.0625. The van der Waals surface area contributed by atoms with Gasteiger partial charge in [-0.05, 0) is 57.4 Å². The molecule has 0 bridgehead atoms. The van der Waals surface area contributed by atoms with E-state index in [0.717, 1.165) is 15.7 Å². The van der Waals surface area contributed by atoms with Crippen LogP contribution in [0.15, 0.2) is 47.3 Å². The maximum atomic E-state index is 12.5. The summed E-state index contributed by atoms with van der Waals surface area (Å²) >= 11 is 3.34. The molecule has 5 heteroatoms. The number of benzene rings is 1. The lowest BCUT2D eigenvalue weighted by Gasteiger charge is -2.23. The zero-order chi connectivity index (χ0) is 14.8. The lowest BCUT2D eigenvalue weighted by molar-refractivity contribution is 0.0813. The summed E-state index contributed by atoms with van der Waals surface area (Å²) < 4.78 is 0.746. The monoisotopic (exact) mass is 339 g/mol. The first-order valence-corrected chi connectivity index (χ1v) is 7.10. The molecule has 0 spiro atoms. The second-order valence-corrected chi connectivity index (χ2v) is 5.46. The highest BCUT2D eigenvalue weighted by Crippen LogP contribution is 2.23. The molecular formula is C16H10BrN3O. The van der Waals surface area contributed by atoms with E-state index in [1.807, 2.05) is 18.2 Å². The Hall–Kier alpha value is -2.45. The minimum atomic E-state index is -0.123. The first-order valence-electron chi connectivity index (χ1n) is 6.31. The van der Waals surface area contributed by atoms with Gasteiger partial charge in [0.1, 0.15) is 4.60 Å². The van der Waals surface area contributed by atoms with Gasteiger partial charge in [0.2, 0.25) is 0 Å². The van der Waals surface area contributed by atoms with E-state index >= 15 is 0 Å². The molecule has 3 rings (SSSR count). The van der Waals surface area contributed by atoms with Gasteiger partial charge in [-0.15, -0.1) is 0 Å². The quantitative estimate of drug-likeness (QED) is 0.748. The third kappa shape index (κ3) is 2.71. The molecule has 0 N–H and O–H groups in total. The van der Waals surface area contributed by atoms with Crippen LogP contribution in [-0.4, -0.2) is 15.8 Å². The number of nitriles is 1. The number of hydrogen-bond donors (Lipinski definition) is 0. The largest absolute Gasteiger partial charge is 0.311 e. The number of fused-ring (bicyclic) bond motifs is 1. The van der Waals surface area contributed by atoms with E-state index in [9.17, 15) is 4.79 Å². The molecule has 1 amide bonds. The fourth-order valence-corrected chi connectivity index (χ4v) is 2.58. The maximum absolute atomic E-state index is 12.5. The molecule has 2 aromatic rings. The lowest BCUT2D eigenvalue weighted by Crippen LogP contribution is -2.27. The molecule has 0 aliphatic carbocycles. The summed E-state index contributed by atoms with van der Waals surface area (Å²) in [5, 5.41) is 8.91. The van der Waals surface area contributed by atoms with Crippen molar-refractivity contribution >= 4 is 27.9 Å². The zero-order valence-corrected chi connectivity index (χ0v) is 12.5. The van der Waals surface area contributed by atoms with Gasteiger partial charge < -0.3 is 4.90 Å². The highest BCUT2D eigenvalue weighted by atomic mass is 79.9. The molecule has 1 aromatic heterocycles. The topological polar surface area (TPSA) is 57.0 Å². The Morgan fingerprint density at radius 2 is 2.24 bits per heavy atom. The second kappa shape index (κ2) is 5.51. The van der Waals surface area contributed by atoms with Gasteiger partial charge in [-0.25, -0.2) is 4.98 Å². The van der Waals surface area contributed by atoms with Gasteiger partial charge in [0.05, 0.1) is 18.2 Å². The van der Waals surface area contributed by atoms with Crippen LogP contribution in [-0.2, 0) is 6.54 Å². The molecule has 1 aromatic carbocycles. The van der Waals surface area contributed by atoms with Crippen LogP contribution in [0.25, 0.3) is 6.08 Å². The molecule has 0 unspecified atom stereocenters. The van der Waals surface area contributed by atoms with E-state index in [2.05, 4.69) is 20.9 Å². The fourth-order valence-electron chi connectivity index (χ4n) is 2.20. The van der Waals surface area contributed by atoms with Gasteiger partial charge >= 0.3 is 0 Å². The third-order valence-electron chi connectivity index (χ3n) is 3.27. The summed E-state index contributed by atoms with van der Waals surface area (Å²) in [6, 6.07) is 10.7. The molecule has 21 heavy (non-hydrogen) atoms. The van der Waals surface area contributed by atoms with E-state index in [4.69, 9.17) is 5.26 Å². The minimum Gasteiger partial charge on any atom is -0.311 e. The number of carbonyl (C=O) groups excluding carboxylic acids is 1. The lowest BCUT2D eigenvalue weighted by atomic mass is 10.1. The molecule has 4 nitrogen and oxygen atoms in total. The summed E-state index contributed by atoms with van der Waals surface area (Å²) in [6.45, 7) is 0.489. The third-order valence-corrected chi connectivity index (χ3v) is 3.70. The van der Waals surface area contributed by atoms with Crippen molar-refractivity contribution in [3.8, 4) is 6.07 Å². The van der Waals surface area contributed by atoms with E-state index in [1.165, 1.54) is 0 Å². The molecular weight excluding hydrogens is 330 g/mol. The summed E-state index contributed by atoms with van der Waals surface area (Å²) in [6.07, 6.45) is 5.39. The normalized spacial score (nSPS) is 12.7. The predicted molar refractivity (Wildman–Crippen MR) is 82.0 cm³/mol. The predicted octanol–water partition coefficient (Wildman–Crippen LogP) is 3.34. The molecule has 0 fully saturated rings. The number of halogens is 1. The van der Waals surface area contributed by atoms with Crippen LogP contribution < -0.4 is 0 Å². The van der Waals surface area contributed by atoms with Gasteiger partial charge in [-0.1, -0.05) is 6.07 Å². The number of nitrogens with zero attached hydrogens (tertiary/aromatic N) is 3. The standard InChI is InChI=1S/C16H10BrN3O/c17-15-7-14-10-20(5-4-13(14)9-19-15)16(21)12-3-1-2-11(6-12)8-18/h1-7,9H,10H2. The van der Waals surface area contributed by atoms with E-state index in [0.29, 0.717) is 17.7 Å². The van der Waals surface area contributed by atoms with Gasteiger partial charge in [0, 0.05) is 18.0 Å². The van der Waals surface area contributed by atoms with Crippen molar-refractivity contribution in [3.05, 3.63) is 69.6 Å². The first-order chi connectivity index (χ1) is 10.2. The highest BCUT2D eigenvalue weighted by Gasteiger charge is 2.19. The Labute approximate surface area is 130 Å². The maximum Gasteiger partial charge on any atom is 0.258 e. The molecule has 0 saturated carbocycles. The Morgan fingerprint density at radius 3 is 3.05 bits per heavy atom. The average molecular weight is 340 g/mol. The average Bonchev–Trinajstić information content (AvgIpc) is 2.53. The number of pyridine rings is 1. The van der Waals surface area contributed by atoms with Crippen LogP contribution >= 0.6 is 15.9 Å². The molecule has 1 aliphatic rings. The molecule has 102 valence electrons. The molecule has 0 radical (unpaired) electrons. The summed E-state index contributed by atoms with van der Waals surface area (Å²) in [7, 11) is 0. The number of aromatic nitrogens is 1. The van der Waals surface area contributed by atoms with Crippen molar-refractivity contribution in [2.45, 2.75) is 6.54 Å². The van der Waals surface area contributed by atoms with E-state index in [1.54, 1.807) is 41.6 Å². The molecule has 2 heterocycles. The number of rotatable bonds is 1. The van der Waals surface area contributed by atoms with Gasteiger partial charge in [-0.2, -0.15) is 5.26 Å². The van der Waals surface area contributed by atoms with Gasteiger partial charge in [0.15, 0.2) is 0 Å². The van der Waals surface area contributed by atoms with Crippen molar-refractivity contribution < 1.29 is 4.79 Å². The van der Waals surface area contributed by atoms with Crippen LogP contribution in [0, 0.1) is 11.3 Å². The van der Waals surface area contributed by atoms with Crippen molar-refractivity contribution in [2.24, 2.45) is 0 Å². The first kappa shape index (κ1) is 13.5. The van der Waals surface area contributed by atoms with Crippen molar-refractivity contribution in [1.82, 2.24) is 9.88 Å². The Kier molecular flexibility index (Phi) is 3.55. The summed E-state index contributed by atoms with van der Waals surface area (Å²) in [5.74, 6) is -0.123. The smallest absolute Gasteiger partial charge is 0.258 e. The van der Waals surface area contributed by atoms with Crippen LogP contribution in [0.3, 0.4) is 0 Å². The Balaban J connectivity index is 1.89. The second-order valence-electron chi connectivity index (χ2n) is 4.65. The van der Waals surface area contributed by atoms with E-state index < -0.39 is 0 Å². The Bertz CT molecular complexity index is 792. The number of amides is 1. The van der Waals surface area contributed by atoms with Crippen LogP contribution in [0.2, 0.25) is 0 Å². The summed E-state index contributed by atoms with van der Waals surface area (Å²) in [5.41, 5.74) is 3.03. The van der Waals surface area contributed by atoms with E-state index in [-0.39, 0.29) is 5.91 Å². The molecule has 0 atom stereocenters. The van der Waals surface area contributed by atoms with Crippen LogP contribution in [0.5, 0.6) is 0 Å². The van der Waals surface area contributed by atoms with Crippen LogP contribution in [0.1, 0.15) is 27.0 Å². The summed E-state index contributed by atoms with van der Waals surface area (Å²) in [4.78, 5) is 18.3. The van der Waals surface area contributed by atoms with Crippen LogP contribution in [0.4, 0.5) is 0 Å². The molecule has 1 aliphatic heterocycles. The van der Waals surface area contributed by atoms with Gasteiger partial charge in [0.25, 0.3) is 5.91 Å². The Morgan fingerprint density at radius 1 is 1.38 bits per heavy atom. The minimum absolute atomic E-state index is 0.123. The zero-order valence-electron chi connectivity index (χ0n) is 11.0. The SMILES string of the molecule is N#Cc1cccc(C(=O)N2C=Cc3cnc(Br)cc3C2)c1. The number of carbonyl (C=O) groups is 1. The molecule has 0 saturated heterocycles. The van der Waals surface area contributed by atoms with Crippen molar-refractivity contribution in [1.29, 1.82) is 5.26 Å².